The number of aryl methyl sites for hydroxylation is 2. The number of carbonyl (C=O) groups is 1. The second-order valence-corrected chi connectivity index (χ2v) is 6.95. The van der Waals surface area contributed by atoms with Gasteiger partial charge >= 0.3 is 5.97 Å². The van der Waals surface area contributed by atoms with Gasteiger partial charge in [0.1, 0.15) is 6.61 Å². The highest BCUT2D eigenvalue weighted by Gasteiger charge is 2.16. The van der Waals surface area contributed by atoms with E-state index in [1.807, 2.05) is 60.7 Å². The molecular formula is C25H21NO2. The van der Waals surface area contributed by atoms with Gasteiger partial charge in [-0.3, -0.25) is 0 Å². The number of rotatable bonds is 4. The lowest BCUT2D eigenvalue weighted by atomic mass is 9.99. The van der Waals surface area contributed by atoms with Gasteiger partial charge in [0, 0.05) is 10.9 Å². The average Bonchev–Trinajstić information content (AvgIpc) is 2.73. The number of benzene rings is 3. The third-order valence-corrected chi connectivity index (χ3v) is 4.82. The van der Waals surface area contributed by atoms with E-state index in [4.69, 9.17) is 9.72 Å². The van der Waals surface area contributed by atoms with Crippen molar-refractivity contribution in [3.63, 3.8) is 0 Å². The molecule has 0 radical (unpaired) electrons. The summed E-state index contributed by atoms with van der Waals surface area (Å²) in [5.41, 5.74) is 6.38. The van der Waals surface area contributed by atoms with Crippen LogP contribution in [0.15, 0.2) is 78.9 Å². The quantitative estimate of drug-likeness (QED) is 0.423. The van der Waals surface area contributed by atoms with Gasteiger partial charge in [-0.2, -0.15) is 0 Å². The van der Waals surface area contributed by atoms with Crippen molar-refractivity contribution in [2.75, 3.05) is 0 Å². The Labute approximate surface area is 164 Å². The van der Waals surface area contributed by atoms with Gasteiger partial charge in [0.25, 0.3) is 0 Å². The molecule has 0 aliphatic rings. The summed E-state index contributed by atoms with van der Waals surface area (Å²) < 4.78 is 5.60. The minimum atomic E-state index is -0.339. The van der Waals surface area contributed by atoms with Crippen molar-refractivity contribution in [2.45, 2.75) is 20.5 Å². The maximum Gasteiger partial charge on any atom is 0.339 e. The Kier molecular flexibility index (Phi) is 4.90. The van der Waals surface area contributed by atoms with Crippen LogP contribution in [0.1, 0.15) is 27.0 Å². The zero-order valence-electron chi connectivity index (χ0n) is 16.0. The first kappa shape index (κ1) is 17.9. The first-order chi connectivity index (χ1) is 13.6. The third kappa shape index (κ3) is 3.65. The molecule has 138 valence electrons. The van der Waals surface area contributed by atoms with Crippen molar-refractivity contribution in [3.8, 4) is 11.3 Å². The number of aromatic nitrogens is 1. The molecule has 0 N–H and O–H groups in total. The summed E-state index contributed by atoms with van der Waals surface area (Å²) in [5.74, 6) is -0.339. The van der Waals surface area contributed by atoms with Crippen molar-refractivity contribution in [1.82, 2.24) is 4.98 Å². The fraction of sp³-hybridized carbons (Fsp3) is 0.120. The van der Waals surface area contributed by atoms with Gasteiger partial charge in [0.15, 0.2) is 0 Å². The van der Waals surface area contributed by atoms with Crippen molar-refractivity contribution in [3.05, 3.63) is 101 Å². The SMILES string of the molecule is Cc1ccc(C)c(-c2cc(C(=O)OCc3ccccc3)c3ccccc3n2)c1. The second-order valence-electron chi connectivity index (χ2n) is 6.95. The Morgan fingerprint density at radius 2 is 1.64 bits per heavy atom. The predicted molar refractivity (Wildman–Crippen MR) is 112 cm³/mol. The van der Waals surface area contributed by atoms with Gasteiger partial charge in [-0.1, -0.05) is 66.2 Å². The molecule has 0 atom stereocenters. The van der Waals surface area contributed by atoms with Crippen LogP contribution in [0.5, 0.6) is 0 Å². The summed E-state index contributed by atoms with van der Waals surface area (Å²) in [6.07, 6.45) is 0. The van der Waals surface area contributed by atoms with Gasteiger partial charge in [0.2, 0.25) is 0 Å². The summed E-state index contributed by atoms with van der Waals surface area (Å²) in [6, 6.07) is 25.5. The number of ether oxygens (including phenoxy) is 1. The molecule has 1 aromatic heterocycles. The van der Waals surface area contributed by atoms with Crippen molar-refractivity contribution in [1.29, 1.82) is 0 Å². The van der Waals surface area contributed by atoms with E-state index in [0.29, 0.717) is 5.56 Å². The number of hydrogen-bond acceptors (Lipinski definition) is 3. The Hall–Kier alpha value is -3.46. The van der Waals surface area contributed by atoms with E-state index < -0.39 is 0 Å². The molecule has 3 heteroatoms. The van der Waals surface area contributed by atoms with Crippen LogP contribution in [-0.4, -0.2) is 11.0 Å². The van der Waals surface area contributed by atoms with Crippen LogP contribution in [0.3, 0.4) is 0 Å². The van der Waals surface area contributed by atoms with Crippen LogP contribution >= 0.6 is 0 Å². The van der Waals surface area contributed by atoms with Gasteiger partial charge < -0.3 is 4.74 Å². The van der Waals surface area contributed by atoms with Crippen LogP contribution in [-0.2, 0) is 11.3 Å². The van der Waals surface area contributed by atoms with Gasteiger partial charge in [-0.15, -0.1) is 0 Å². The summed E-state index contributed by atoms with van der Waals surface area (Å²) >= 11 is 0. The van der Waals surface area contributed by atoms with E-state index in [2.05, 4.69) is 32.0 Å². The number of hydrogen-bond donors (Lipinski definition) is 0. The molecule has 0 bridgehead atoms. The molecule has 0 aliphatic heterocycles. The molecule has 4 aromatic rings. The third-order valence-electron chi connectivity index (χ3n) is 4.82. The molecule has 0 amide bonds. The largest absolute Gasteiger partial charge is 0.457 e. The van der Waals surface area contributed by atoms with E-state index in [0.717, 1.165) is 38.9 Å². The normalized spacial score (nSPS) is 10.8. The standard InChI is InChI=1S/C25H21NO2/c1-17-12-13-18(2)21(14-17)24-15-22(20-10-6-7-11-23(20)26-24)25(27)28-16-19-8-4-3-5-9-19/h3-15H,16H2,1-2H3. The van der Waals surface area contributed by atoms with Crippen molar-refractivity contribution < 1.29 is 9.53 Å². The molecule has 0 saturated carbocycles. The summed E-state index contributed by atoms with van der Waals surface area (Å²) in [7, 11) is 0. The average molecular weight is 367 g/mol. The number of pyridine rings is 1. The fourth-order valence-electron chi connectivity index (χ4n) is 3.29. The fourth-order valence-corrected chi connectivity index (χ4v) is 3.29. The van der Waals surface area contributed by atoms with Gasteiger partial charge in [0.05, 0.1) is 16.8 Å². The molecular weight excluding hydrogens is 346 g/mol. The first-order valence-electron chi connectivity index (χ1n) is 9.30. The zero-order chi connectivity index (χ0) is 19.5. The van der Waals surface area contributed by atoms with E-state index in [1.165, 1.54) is 0 Å². The van der Waals surface area contributed by atoms with E-state index in [-0.39, 0.29) is 12.6 Å². The summed E-state index contributed by atoms with van der Waals surface area (Å²) in [4.78, 5) is 17.7. The number of fused-ring (bicyclic) bond motifs is 1. The molecule has 0 fully saturated rings. The highest BCUT2D eigenvalue weighted by Crippen LogP contribution is 2.28. The number of nitrogens with zero attached hydrogens (tertiary/aromatic N) is 1. The molecule has 28 heavy (non-hydrogen) atoms. The minimum Gasteiger partial charge on any atom is -0.457 e. The highest BCUT2D eigenvalue weighted by molar-refractivity contribution is 6.04. The number of esters is 1. The summed E-state index contributed by atoms with van der Waals surface area (Å²) in [6.45, 7) is 4.35. The Morgan fingerprint density at radius 3 is 2.46 bits per heavy atom. The van der Waals surface area contributed by atoms with Crippen LogP contribution in [0, 0.1) is 13.8 Å². The zero-order valence-corrected chi connectivity index (χ0v) is 16.0. The smallest absolute Gasteiger partial charge is 0.339 e. The van der Waals surface area contributed by atoms with Gasteiger partial charge in [-0.25, -0.2) is 9.78 Å². The van der Waals surface area contributed by atoms with E-state index in [9.17, 15) is 4.79 Å². The lowest BCUT2D eigenvalue weighted by Gasteiger charge is -2.12. The minimum absolute atomic E-state index is 0.245. The molecule has 0 saturated heterocycles. The number of para-hydroxylation sites is 1. The first-order valence-corrected chi connectivity index (χ1v) is 9.30. The Morgan fingerprint density at radius 1 is 0.893 bits per heavy atom. The second kappa shape index (κ2) is 7.65. The van der Waals surface area contributed by atoms with E-state index in [1.54, 1.807) is 0 Å². The lowest BCUT2D eigenvalue weighted by molar-refractivity contribution is 0.0475. The molecule has 3 aromatic carbocycles. The van der Waals surface area contributed by atoms with Crippen LogP contribution < -0.4 is 0 Å². The Bertz CT molecular complexity index is 1150. The topological polar surface area (TPSA) is 39.2 Å². The molecule has 1 heterocycles. The van der Waals surface area contributed by atoms with Crippen molar-refractivity contribution in [2.24, 2.45) is 0 Å². The predicted octanol–water partition coefficient (Wildman–Crippen LogP) is 5.88. The van der Waals surface area contributed by atoms with Crippen LogP contribution in [0.4, 0.5) is 0 Å². The maximum absolute atomic E-state index is 12.9. The molecule has 0 aliphatic carbocycles. The summed E-state index contributed by atoms with van der Waals surface area (Å²) in [5, 5.41) is 0.801. The Balaban J connectivity index is 1.76. The van der Waals surface area contributed by atoms with E-state index >= 15 is 0 Å². The van der Waals surface area contributed by atoms with Crippen LogP contribution in [0.2, 0.25) is 0 Å². The molecule has 0 spiro atoms. The van der Waals surface area contributed by atoms with Gasteiger partial charge in [-0.05, 0) is 43.2 Å². The highest BCUT2D eigenvalue weighted by atomic mass is 16.5. The van der Waals surface area contributed by atoms with Crippen molar-refractivity contribution >= 4 is 16.9 Å². The molecule has 0 unspecified atom stereocenters. The lowest BCUT2D eigenvalue weighted by Crippen LogP contribution is -2.07. The van der Waals surface area contributed by atoms with Crippen LogP contribution in [0.25, 0.3) is 22.2 Å². The molecule has 3 nitrogen and oxygen atoms in total. The monoisotopic (exact) mass is 367 g/mol. The molecule has 4 rings (SSSR count). The number of carbonyl (C=O) groups excluding carboxylic acids is 1. The maximum atomic E-state index is 12.9.